The minimum absolute atomic E-state index is 0.648. The van der Waals surface area contributed by atoms with Crippen molar-refractivity contribution < 1.29 is 18.3 Å². The van der Waals surface area contributed by atoms with Crippen molar-refractivity contribution in [3.8, 4) is 16.9 Å². The van der Waals surface area contributed by atoms with Gasteiger partial charge in [-0.3, -0.25) is 4.57 Å². The molecule has 0 aliphatic heterocycles. The maximum Gasteiger partial charge on any atom is 0.356 e. The number of rotatable bonds is 7. The highest BCUT2D eigenvalue weighted by Gasteiger charge is 2.36. The lowest BCUT2D eigenvalue weighted by molar-refractivity contribution is 0.268. The van der Waals surface area contributed by atoms with Crippen LogP contribution >= 0.6 is 7.60 Å². The van der Waals surface area contributed by atoms with Gasteiger partial charge in [-0.2, -0.15) is 0 Å². The first-order valence-corrected chi connectivity index (χ1v) is 11.0. The molecular formula is C23H24NO4P. The highest BCUT2D eigenvalue weighted by Crippen LogP contribution is 2.59. The summed E-state index contributed by atoms with van der Waals surface area (Å²) in [5, 5.41) is 3.38. The van der Waals surface area contributed by atoms with Crippen molar-refractivity contribution in [1.29, 1.82) is 0 Å². The molecule has 6 heteroatoms. The summed E-state index contributed by atoms with van der Waals surface area (Å²) in [6, 6.07) is 22.1. The van der Waals surface area contributed by atoms with Crippen LogP contribution in [-0.2, 0) is 20.0 Å². The quantitative estimate of drug-likeness (QED) is 0.387. The lowest BCUT2D eigenvalue weighted by Crippen LogP contribution is -2.13. The van der Waals surface area contributed by atoms with Crippen molar-refractivity contribution in [3.63, 3.8) is 0 Å². The molecular weight excluding hydrogens is 385 g/mol. The molecule has 0 aromatic heterocycles. The molecule has 1 aliphatic carbocycles. The minimum Gasteiger partial charge on any atom is -0.497 e. The Hall–Kier alpha value is -2.59. The second kappa shape index (κ2) is 8.03. The van der Waals surface area contributed by atoms with Crippen molar-refractivity contribution in [1.82, 2.24) is 0 Å². The fourth-order valence-electron chi connectivity index (χ4n) is 3.81. The average Bonchev–Trinajstić information content (AvgIpc) is 3.15. The highest BCUT2D eigenvalue weighted by molar-refractivity contribution is 7.54. The van der Waals surface area contributed by atoms with E-state index in [1.165, 1.54) is 36.5 Å². The fraction of sp³-hybridized carbons (Fsp3) is 0.217. The van der Waals surface area contributed by atoms with E-state index in [9.17, 15) is 4.57 Å². The van der Waals surface area contributed by atoms with E-state index in [1.807, 2.05) is 30.3 Å². The number of nitrogens with one attached hydrogen (secondary N) is 1. The van der Waals surface area contributed by atoms with Gasteiger partial charge in [-0.1, -0.05) is 42.5 Å². The Bertz CT molecular complexity index is 1060. The van der Waals surface area contributed by atoms with E-state index in [0.29, 0.717) is 0 Å². The van der Waals surface area contributed by atoms with Gasteiger partial charge in [-0.25, -0.2) is 0 Å². The molecule has 0 amide bonds. The van der Waals surface area contributed by atoms with Crippen molar-refractivity contribution in [2.75, 3.05) is 26.6 Å². The van der Waals surface area contributed by atoms with Gasteiger partial charge in [0.2, 0.25) is 0 Å². The zero-order valence-electron chi connectivity index (χ0n) is 16.7. The normalized spacial score (nSPS) is 13.5. The Morgan fingerprint density at radius 2 is 1.55 bits per heavy atom. The summed E-state index contributed by atoms with van der Waals surface area (Å²) in [6.45, 7) is 0. The van der Waals surface area contributed by atoms with Gasteiger partial charge in [0, 0.05) is 19.9 Å². The van der Waals surface area contributed by atoms with Crippen LogP contribution in [0.5, 0.6) is 5.75 Å². The maximum atomic E-state index is 13.3. The van der Waals surface area contributed by atoms with Gasteiger partial charge in [0.1, 0.15) is 5.75 Å². The molecule has 0 saturated heterocycles. The average molecular weight is 409 g/mol. The lowest BCUT2D eigenvalue weighted by Gasteiger charge is -2.27. The Balaban J connectivity index is 1.68. The molecule has 1 N–H and O–H groups in total. The van der Waals surface area contributed by atoms with Crippen molar-refractivity contribution in [3.05, 3.63) is 83.4 Å². The first kappa shape index (κ1) is 19.7. The smallest absolute Gasteiger partial charge is 0.356 e. The Labute approximate surface area is 171 Å². The second-order valence-corrected chi connectivity index (χ2v) is 9.26. The summed E-state index contributed by atoms with van der Waals surface area (Å²) in [5.74, 6) is 0.0812. The second-order valence-electron chi connectivity index (χ2n) is 6.93. The Kier molecular flexibility index (Phi) is 5.46. The minimum atomic E-state index is -3.43. The molecule has 4 rings (SSSR count). The lowest BCUT2D eigenvalue weighted by atomic mass is 10.1. The van der Waals surface area contributed by atoms with Crippen LogP contribution in [0.2, 0.25) is 0 Å². The SMILES string of the molecule is COc1ccc(C(Nc2ccc3c(c2)Cc2ccccc2-3)P(=O)(OC)OC)cc1. The van der Waals surface area contributed by atoms with Crippen LogP contribution in [0.15, 0.2) is 66.7 Å². The third kappa shape index (κ3) is 3.69. The Morgan fingerprint density at radius 3 is 2.24 bits per heavy atom. The summed E-state index contributed by atoms with van der Waals surface area (Å²) in [7, 11) is 0.990. The van der Waals surface area contributed by atoms with Crippen LogP contribution in [-0.4, -0.2) is 21.3 Å². The Morgan fingerprint density at radius 1 is 0.862 bits per heavy atom. The van der Waals surface area contributed by atoms with E-state index in [4.69, 9.17) is 13.8 Å². The van der Waals surface area contributed by atoms with Crippen LogP contribution < -0.4 is 10.1 Å². The molecule has 0 spiro atoms. The molecule has 150 valence electrons. The number of hydrogen-bond acceptors (Lipinski definition) is 5. The van der Waals surface area contributed by atoms with Gasteiger partial charge in [0.05, 0.1) is 7.11 Å². The van der Waals surface area contributed by atoms with E-state index in [0.717, 1.165) is 23.4 Å². The van der Waals surface area contributed by atoms with E-state index < -0.39 is 13.4 Å². The number of ether oxygens (including phenoxy) is 1. The number of benzene rings is 3. The third-order valence-electron chi connectivity index (χ3n) is 5.35. The highest BCUT2D eigenvalue weighted by atomic mass is 31.2. The van der Waals surface area contributed by atoms with E-state index >= 15 is 0 Å². The first-order chi connectivity index (χ1) is 14.1. The number of fused-ring (bicyclic) bond motifs is 3. The predicted molar refractivity (Wildman–Crippen MR) is 116 cm³/mol. The molecule has 0 bridgehead atoms. The van der Waals surface area contributed by atoms with Crippen molar-refractivity contribution in [2.24, 2.45) is 0 Å². The van der Waals surface area contributed by atoms with Crippen LogP contribution in [0.25, 0.3) is 11.1 Å². The molecule has 5 nitrogen and oxygen atoms in total. The molecule has 1 unspecified atom stereocenters. The van der Waals surface area contributed by atoms with Crippen LogP contribution in [0, 0.1) is 0 Å². The predicted octanol–water partition coefficient (Wildman–Crippen LogP) is 5.86. The molecule has 3 aromatic carbocycles. The summed E-state index contributed by atoms with van der Waals surface area (Å²) in [4.78, 5) is 0. The zero-order valence-corrected chi connectivity index (χ0v) is 17.6. The van der Waals surface area contributed by atoms with E-state index in [1.54, 1.807) is 7.11 Å². The molecule has 29 heavy (non-hydrogen) atoms. The van der Waals surface area contributed by atoms with Gasteiger partial charge in [0.15, 0.2) is 5.78 Å². The molecule has 0 fully saturated rings. The maximum absolute atomic E-state index is 13.3. The van der Waals surface area contributed by atoms with Crippen LogP contribution in [0.3, 0.4) is 0 Å². The van der Waals surface area contributed by atoms with Gasteiger partial charge in [-0.15, -0.1) is 0 Å². The summed E-state index contributed by atoms with van der Waals surface area (Å²) >= 11 is 0. The van der Waals surface area contributed by atoms with Gasteiger partial charge < -0.3 is 19.1 Å². The molecule has 1 aliphatic rings. The van der Waals surface area contributed by atoms with Crippen molar-refractivity contribution in [2.45, 2.75) is 12.2 Å². The van der Waals surface area contributed by atoms with E-state index in [2.05, 4.69) is 41.7 Å². The fourth-order valence-corrected chi connectivity index (χ4v) is 5.22. The first-order valence-electron chi connectivity index (χ1n) is 9.41. The number of anilines is 1. The summed E-state index contributed by atoms with van der Waals surface area (Å²) in [5.41, 5.74) is 6.75. The third-order valence-corrected chi connectivity index (χ3v) is 7.43. The van der Waals surface area contributed by atoms with Gasteiger partial charge >= 0.3 is 7.60 Å². The molecule has 1 atom stereocenters. The molecule has 0 heterocycles. The van der Waals surface area contributed by atoms with Crippen LogP contribution in [0.4, 0.5) is 5.69 Å². The molecule has 0 saturated carbocycles. The van der Waals surface area contributed by atoms with Crippen molar-refractivity contribution >= 4 is 13.3 Å². The molecule has 0 radical (unpaired) electrons. The summed E-state index contributed by atoms with van der Waals surface area (Å²) < 4.78 is 29.1. The topological polar surface area (TPSA) is 56.8 Å². The largest absolute Gasteiger partial charge is 0.497 e. The standard InChI is InChI=1S/C23H24NO4P/c1-26-20-11-8-16(9-12-20)23(29(25,27-2)28-3)24-19-10-13-22-18(15-19)14-17-6-4-5-7-21(17)22/h4-13,15,23-24H,14H2,1-3H3. The zero-order chi connectivity index (χ0) is 20.4. The number of methoxy groups -OCH3 is 1. The van der Waals surface area contributed by atoms with Gasteiger partial charge in [-0.05, 0) is 58.5 Å². The van der Waals surface area contributed by atoms with E-state index in [-0.39, 0.29) is 0 Å². The monoisotopic (exact) mass is 409 g/mol. The molecule has 3 aromatic rings. The van der Waals surface area contributed by atoms with Gasteiger partial charge in [0.25, 0.3) is 0 Å². The van der Waals surface area contributed by atoms with Crippen LogP contribution in [0.1, 0.15) is 22.5 Å². The summed E-state index contributed by atoms with van der Waals surface area (Å²) in [6.07, 6.45) is 0.889. The number of hydrogen-bond donors (Lipinski definition) is 1.